The predicted octanol–water partition coefficient (Wildman–Crippen LogP) is 15.2. The highest BCUT2D eigenvalue weighted by molar-refractivity contribution is 9.25. The van der Waals surface area contributed by atoms with Crippen molar-refractivity contribution in [1.82, 2.24) is 0 Å². The summed E-state index contributed by atoms with van der Waals surface area (Å²) in [6, 6.07) is 8.94. The van der Waals surface area contributed by atoms with E-state index >= 15 is 0 Å². The Kier molecular flexibility index (Phi) is 11.1. The maximum absolute atomic E-state index is 3.83. The summed E-state index contributed by atoms with van der Waals surface area (Å²) < 4.78 is -0.0950. The molecule has 0 atom stereocenters. The standard InChI is InChI=1S/C22H10Br12/c23-17(24)5-1-2-6(18(25)26)13-12(5)14-9(21(31)32)3-7(19(27)28)11-8(20(29)30)4-10(22(33)34)15(13)16(11)14/h1-4,17-22H. The molecule has 1 aliphatic carbocycles. The van der Waals surface area contributed by atoms with Gasteiger partial charge in [-0.1, -0.05) is 215 Å². The van der Waals surface area contributed by atoms with Crippen LogP contribution in [0.25, 0.3) is 33.0 Å². The normalized spacial score (nSPS) is 13.1. The van der Waals surface area contributed by atoms with Crippen LogP contribution in [0.4, 0.5) is 0 Å². The maximum Gasteiger partial charge on any atom is 0.0952 e. The van der Waals surface area contributed by atoms with Gasteiger partial charge in [0.05, 0.1) is 22.4 Å². The van der Waals surface area contributed by atoms with Crippen molar-refractivity contribution >= 4 is 202 Å². The fourth-order valence-corrected chi connectivity index (χ4v) is 8.92. The largest absolute Gasteiger partial charge is 0.0952 e. The number of rotatable bonds is 6. The minimum Gasteiger partial charge on any atom is -0.0712 e. The lowest BCUT2D eigenvalue weighted by Gasteiger charge is -2.22. The van der Waals surface area contributed by atoms with Crippen LogP contribution < -0.4 is 0 Å². The highest BCUT2D eigenvalue weighted by atomic mass is 79.9. The summed E-state index contributed by atoms with van der Waals surface area (Å²) in [5.74, 6) is 0. The van der Waals surface area contributed by atoms with Crippen molar-refractivity contribution in [2.45, 2.75) is 22.4 Å². The molecular formula is C22H10Br12. The molecule has 0 heterocycles. The fraction of sp³-hybridized carbons (Fsp3) is 0.273. The van der Waals surface area contributed by atoms with Crippen LogP contribution in [0, 0.1) is 0 Å². The van der Waals surface area contributed by atoms with Gasteiger partial charge in [0.1, 0.15) is 0 Å². The summed E-state index contributed by atoms with van der Waals surface area (Å²) in [7, 11) is 0. The highest BCUT2D eigenvalue weighted by Gasteiger charge is 2.37. The number of hydrogen-bond donors (Lipinski definition) is 0. The van der Waals surface area contributed by atoms with E-state index in [0.29, 0.717) is 0 Å². The van der Waals surface area contributed by atoms with Crippen LogP contribution in [0.1, 0.15) is 55.8 Å². The number of fused-ring (bicyclic) bond motifs is 3. The first-order valence-electron chi connectivity index (χ1n) is 9.42. The molecule has 12 heteroatoms. The van der Waals surface area contributed by atoms with Crippen LogP contribution >= 0.6 is 191 Å². The minimum atomic E-state index is -0.0281. The quantitative estimate of drug-likeness (QED) is 0.169. The Morgan fingerprint density at radius 1 is 0.324 bits per heavy atom. The molecule has 0 bridgehead atoms. The maximum atomic E-state index is 3.83. The molecular weight excluding hydrogens is 1220 g/mol. The third-order valence-corrected chi connectivity index (χ3v) is 11.6. The van der Waals surface area contributed by atoms with Crippen LogP contribution in [0.5, 0.6) is 0 Å². The van der Waals surface area contributed by atoms with Crippen LogP contribution in [0.2, 0.25) is 0 Å². The van der Waals surface area contributed by atoms with Gasteiger partial charge in [0, 0.05) is 0 Å². The van der Waals surface area contributed by atoms with Gasteiger partial charge in [0.2, 0.25) is 0 Å². The average Bonchev–Trinajstić information content (AvgIpc) is 3.09. The first-order chi connectivity index (χ1) is 15.9. The topological polar surface area (TPSA) is 0 Å². The molecule has 0 fully saturated rings. The third kappa shape index (κ3) is 5.46. The van der Waals surface area contributed by atoms with Crippen molar-refractivity contribution in [3.63, 3.8) is 0 Å². The average molecular weight is 1230 g/mol. The van der Waals surface area contributed by atoms with Gasteiger partial charge in [-0.05, 0) is 66.4 Å². The summed E-state index contributed by atoms with van der Waals surface area (Å²) in [5.41, 5.74) is 12.0. The smallest absolute Gasteiger partial charge is 0.0712 e. The van der Waals surface area contributed by atoms with E-state index in [1.165, 1.54) is 66.4 Å². The van der Waals surface area contributed by atoms with E-state index in [1.807, 2.05) is 0 Å². The second-order valence-electron chi connectivity index (χ2n) is 7.41. The Labute approximate surface area is 299 Å². The molecule has 34 heavy (non-hydrogen) atoms. The van der Waals surface area contributed by atoms with E-state index < -0.39 is 0 Å². The van der Waals surface area contributed by atoms with Gasteiger partial charge in [0.15, 0.2) is 0 Å². The molecule has 4 rings (SSSR count). The lowest BCUT2D eigenvalue weighted by atomic mass is 9.90. The van der Waals surface area contributed by atoms with Gasteiger partial charge >= 0.3 is 0 Å². The summed E-state index contributed by atoms with van der Waals surface area (Å²) in [6.45, 7) is 0. The van der Waals surface area contributed by atoms with Gasteiger partial charge in [-0.25, -0.2) is 0 Å². The van der Waals surface area contributed by atoms with Crippen LogP contribution in [-0.4, -0.2) is 0 Å². The van der Waals surface area contributed by atoms with Crippen molar-refractivity contribution in [1.29, 1.82) is 0 Å². The summed E-state index contributed by atoms with van der Waals surface area (Å²) in [6.07, 6.45) is 0. The molecule has 0 aromatic heterocycles. The van der Waals surface area contributed by atoms with Crippen molar-refractivity contribution in [2.24, 2.45) is 0 Å². The molecule has 0 nitrogen and oxygen atoms in total. The molecule has 1 aliphatic rings. The van der Waals surface area contributed by atoms with E-state index in [1.54, 1.807) is 0 Å². The molecule has 0 spiro atoms. The van der Waals surface area contributed by atoms with E-state index in [2.05, 4.69) is 215 Å². The fourth-order valence-electron chi connectivity index (χ4n) is 4.51. The van der Waals surface area contributed by atoms with Crippen LogP contribution in [0.15, 0.2) is 24.3 Å². The minimum absolute atomic E-state index is 0.000235. The first-order valence-corrected chi connectivity index (χ1v) is 20.4. The number of halogens is 12. The molecule has 0 saturated carbocycles. The predicted molar refractivity (Wildman–Crippen MR) is 192 cm³/mol. The summed E-state index contributed by atoms with van der Waals surface area (Å²) in [5, 5.41) is 2.45. The molecule has 0 N–H and O–H groups in total. The zero-order valence-corrected chi connectivity index (χ0v) is 35.3. The first kappa shape index (κ1) is 30.6. The van der Waals surface area contributed by atoms with Crippen molar-refractivity contribution in [2.75, 3.05) is 0 Å². The molecule has 0 aliphatic heterocycles. The Hall–Kier alpha value is 3.68. The van der Waals surface area contributed by atoms with Crippen molar-refractivity contribution in [3.05, 3.63) is 57.6 Å². The van der Waals surface area contributed by atoms with E-state index in [0.717, 1.165) is 0 Å². The zero-order chi connectivity index (χ0) is 25.2. The van der Waals surface area contributed by atoms with Gasteiger partial charge in [0.25, 0.3) is 0 Å². The van der Waals surface area contributed by atoms with E-state index in [-0.39, 0.29) is 22.4 Å². The zero-order valence-electron chi connectivity index (χ0n) is 16.3. The SMILES string of the molecule is BrC(Br)c1ccc(C(Br)Br)c2c1-c1c(C(Br)Br)cc(C(Br)Br)c3c(C(Br)Br)cc(C(Br)Br)c-2c13. The third-order valence-electron chi connectivity index (χ3n) is 5.71. The van der Waals surface area contributed by atoms with Gasteiger partial charge < -0.3 is 0 Å². The van der Waals surface area contributed by atoms with E-state index in [4.69, 9.17) is 0 Å². The monoisotopic (exact) mass is 1220 g/mol. The second-order valence-corrected chi connectivity index (χ2v) is 25.8. The molecule has 3 aromatic rings. The molecule has 0 saturated heterocycles. The lowest BCUT2D eigenvalue weighted by molar-refractivity contribution is 1.33. The van der Waals surface area contributed by atoms with Gasteiger partial charge in [-0.2, -0.15) is 0 Å². The Balaban J connectivity index is 2.41. The number of alkyl halides is 12. The lowest BCUT2D eigenvalue weighted by Crippen LogP contribution is -1.99. The Morgan fingerprint density at radius 3 is 0.882 bits per heavy atom. The molecule has 0 radical (unpaired) electrons. The summed E-state index contributed by atoms with van der Waals surface area (Å²) in [4.78, 5) is 0. The molecule has 0 unspecified atom stereocenters. The molecule has 182 valence electrons. The number of benzene rings is 3. The summed E-state index contributed by atoms with van der Waals surface area (Å²) >= 11 is 45.7. The van der Waals surface area contributed by atoms with Crippen molar-refractivity contribution in [3.8, 4) is 22.3 Å². The van der Waals surface area contributed by atoms with Crippen LogP contribution in [0.3, 0.4) is 0 Å². The van der Waals surface area contributed by atoms with Gasteiger partial charge in [-0.3, -0.25) is 0 Å². The van der Waals surface area contributed by atoms with Crippen LogP contribution in [-0.2, 0) is 0 Å². The highest BCUT2D eigenvalue weighted by Crippen LogP contribution is 2.62. The number of hydrogen-bond acceptors (Lipinski definition) is 0. The molecule has 0 amide bonds. The van der Waals surface area contributed by atoms with Gasteiger partial charge in [-0.15, -0.1) is 0 Å². The Bertz CT molecular complexity index is 1180. The van der Waals surface area contributed by atoms with Crippen molar-refractivity contribution < 1.29 is 0 Å². The molecule has 3 aromatic carbocycles. The van der Waals surface area contributed by atoms with E-state index in [9.17, 15) is 0 Å². The Morgan fingerprint density at radius 2 is 0.618 bits per heavy atom. The second kappa shape index (κ2) is 12.3.